The number of amidine groups is 1. The van der Waals surface area contributed by atoms with Gasteiger partial charge >= 0.3 is 0 Å². The van der Waals surface area contributed by atoms with Crippen molar-refractivity contribution in [3.8, 4) is 0 Å². The van der Waals surface area contributed by atoms with Gasteiger partial charge in [0.1, 0.15) is 0 Å². The van der Waals surface area contributed by atoms with E-state index < -0.39 is 10.0 Å². The molecule has 118 valence electrons. The van der Waals surface area contributed by atoms with Crippen LogP contribution in [0.1, 0.15) is 13.3 Å². The Hall–Kier alpha value is -1.12. The number of benzene rings is 1. The van der Waals surface area contributed by atoms with Crippen molar-refractivity contribution in [3.05, 3.63) is 41.4 Å². The van der Waals surface area contributed by atoms with Gasteiger partial charge in [-0.15, -0.1) is 11.0 Å². The van der Waals surface area contributed by atoms with Crippen LogP contribution in [0.25, 0.3) is 0 Å². The summed E-state index contributed by atoms with van der Waals surface area (Å²) in [5, 5.41) is -0.0847. The van der Waals surface area contributed by atoms with Crippen molar-refractivity contribution < 1.29 is 13.2 Å². The summed E-state index contributed by atoms with van der Waals surface area (Å²) in [6.45, 7) is 5.73. The quantitative estimate of drug-likeness (QED) is 0.709. The van der Waals surface area contributed by atoms with Crippen LogP contribution in [0.3, 0.4) is 0 Å². The molecule has 5 nitrogen and oxygen atoms in total. The molecule has 8 heteroatoms. The van der Waals surface area contributed by atoms with E-state index >= 15 is 0 Å². The lowest BCUT2D eigenvalue weighted by atomic mass is 10.3. The van der Waals surface area contributed by atoms with Crippen molar-refractivity contribution in [1.82, 2.24) is 4.90 Å². The molecule has 22 heavy (non-hydrogen) atoms. The van der Waals surface area contributed by atoms with Gasteiger partial charge in [-0.25, -0.2) is 0 Å². The molecule has 1 aromatic rings. The molecule has 1 aliphatic heterocycles. The molecule has 1 amide bonds. The van der Waals surface area contributed by atoms with Crippen LogP contribution in [0, 0.1) is 0 Å². The Morgan fingerprint density at radius 2 is 2.05 bits per heavy atom. The lowest BCUT2D eigenvalue weighted by Gasteiger charge is -2.13. The highest BCUT2D eigenvalue weighted by molar-refractivity contribution is 9.10. The highest BCUT2D eigenvalue weighted by Crippen LogP contribution is 2.30. The molecular formula is C14H15BrN2O3S2. The molecule has 0 N–H and O–H groups in total. The molecule has 1 fully saturated rings. The maximum Gasteiger partial charge on any atom is 0.284 e. The molecule has 0 aliphatic carbocycles. The van der Waals surface area contributed by atoms with Crippen LogP contribution in [0.15, 0.2) is 50.7 Å². The van der Waals surface area contributed by atoms with Gasteiger partial charge in [-0.1, -0.05) is 40.7 Å². The van der Waals surface area contributed by atoms with E-state index in [1.165, 1.54) is 28.8 Å². The largest absolute Gasteiger partial charge is 0.286 e. The second kappa shape index (κ2) is 6.97. The van der Waals surface area contributed by atoms with Crippen molar-refractivity contribution in [2.45, 2.75) is 23.5 Å². The SMILES string of the molecule is C=CCN1C(=O)C(CC)S/C1=N/S(=O)(=O)c1ccc(Br)cc1. The van der Waals surface area contributed by atoms with E-state index in [-0.39, 0.29) is 27.8 Å². The highest BCUT2D eigenvalue weighted by Gasteiger charge is 2.37. The Morgan fingerprint density at radius 1 is 1.41 bits per heavy atom. The minimum atomic E-state index is -3.85. The molecule has 1 unspecified atom stereocenters. The fourth-order valence-corrected chi connectivity index (χ4v) is 4.46. The molecule has 1 aromatic carbocycles. The average molecular weight is 403 g/mol. The first kappa shape index (κ1) is 17.2. The molecule has 1 saturated heterocycles. The predicted octanol–water partition coefficient (Wildman–Crippen LogP) is 3.03. The summed E-state index contributed by atoms with van der Waals surface area (Å²) in [6, 6.07) is 6.22. The van der Waals surface area contributed by atoms with Crippen LogP contribution in [-0.2, 0) is 14.8 Å². The Balaban J connectivity index is 2.39. The summed E-state index contributed by atoms with van der Waals surface area (Å²) >= 11 is 4.44. The third-order valence-corrected chi connectivity index (χ3v) is 6.28. The van der Waals surface area contributed by atoms with Crippen molar-refractivity contribution in [2.24, 2.45) is 4.40 Å². The Bertz CT molecular complexity index is 714. The van der Waals surface area contributed by atoms with Gasteiger partial charge in [0.2, 0.25) is 5.91 Å². The average Bonchev–Trinajstić information content (AvgIpc) is 2.76. The van der Waals surface area contributed by atoms with Crippen molar-refractivity contribution in [1.29, 1.82) is 0 Å². The smallest absolute Gasteiger partial charge is 0.284 e. The van der Waals surface area contributed by atoms with Gasteiger partial charge in [-0.3, -0.25) is 9.69 Å². The third kappa shape index (κ3) is 3.61. The Kier molecular flexibility index (Phi) is 5.46. The van der Waals surface area contributed by atoms with Crippen molar-refractivity contribution in [3.63, 3.8) is 0 Å². The molecule has 0 bridgehead atoms. The van der Waals surface area contributed by atoms with Gasteiger partial charge in [0, 0.05) is 11.0 Å². The van der Waals surface area contributed by atoms with Crippen LogP contribution in [0.5, 0.6) is 0 Å². The van der Waals surface area contributed by atoms with E-state index in [1.54, 1.807) is 18.2 Å². The standard InChI is InChI=1S/C14H15BrN2O3S2/c1-3-9-17-13(18)12(4-2)21-14(17)16-22(19,20)11-7-5-10(15)6-8-11/h3,5-8,12H,1,4,9H2,2H3/b16-14+. The number of carbonyl (C=O) groups is 1. The summed E-state index contributed by atoms with van der Waals surface area (Å²) in [5.74, 6) is -0.128. The summed E-state index contributed by atoms with van der Waals surface area (Å²) in [5.41, 5.74) is 0. The van der Waals surface area contributed by atoms with Gasteiger partial charge in [0.25, 0.3) is 10.0 Å². The van der Waals surface area contributed by atoms with Gasteiger partial charge in [-0.2, -0.15) is 8.42 Å². The lowest BCUT2D eigenvalue weighted by Crippen LogP contribution is -2.32. The second-order valence-corrected chi connectivity index (χ2v) is 8.24. The first-order valence-electron chi connectivity index (χ1n) is 6.58. The molecule has 1 aliphatic rings. The molecule has 0 saturated carbocycles. The number of hydrogen-bond acceptors (Lipinski definition) is 4. The highest BCUT2D eigenvalue weighted by atomic mass is 79.9. The van der Waals surface area contributed by atoms with Crippen LogP contribution < -0.4 is 0 Å². The first-order chi connectivity index (χ1) is 10.4. The van der Waals surface area contributed by atoms with E-state index in [0.717, 1.165) is 4.47 Å². The fraction of sp³-hybridized carbons (Fsp3) is 0.286. The number of nitrogens with zero attached hydrogens (tertiary/aromatic N) is 2. The lowest BCUT2D eigenvalue weighted by molar-refractivity contribution is -0.125. The Labute approximate surface area is 142 Å². The molecular weight excluding hydrogens is 388 g/mol. The van der Waals surface area contributed by atoms with Crippen LogP contribution in [-0.4, -0.2) is 36.2 Å². The summed E-state index contributed by atoms with van der Waals surface area (Å²) in [7, 11) is -3.85. The minimum absolute atomic E-state index is 0.0924. The number of halogens is 1. The third-order valence-electron chi connectivity index (χ3n) is 3.01. The molecule has 0 spiro atoms. The van der Waals surface area contributed by atoms with E-state index in [2.05, 4.69) is 26.9 Å². The monoisotopic (exact) mass is 402 g/mol. The maximum absolute atomic E-state index is 12.4. The summed E-state index contributed by atoms with van der Waals surface area (Å²) < 4.78 is 29.4. The predicted molar refractivity (Wildman–Crippen MR) is 92.3 cm³/mol. The van der Waals surface area contributed by atoms with Gasteiger partial charge in [0.15, 0.2) is 5.17 Å². The van der Waals surface area contributed by atoms with E-state index in [9.17, 15) is 13.2 Å². The van der Waals surface area contributed by atoms with E-state index in [0.29, 0.717) is 6.42 Å². The molecule has 0 aromatic heterocycles. The van der Waals surface area contributed by atoms with Crippen LogP contribution in [0.4, 0.5) is 0 Å². The first-order valence-corrected chi connectivity index (χ1v) is 9.69. The minimum Gasteiger partial charge on any atom is -0.286 e. The van der Waals surface area contributed by atoms with Crippen LogP contribution >= 0.6 is 27.7 Å². The van der Waals surface area contributed by atoms with Crippen LogP contribution in [0.2, 0.25) is 0 Å². The summed E-state index contributed by atoms with van der Waals surface area (Å²) in [6.07, 6.45) is 2.17. The molecule has 0 radical (unpaired) electrons. The second-order valence-electron chi connectivity index (χ2n) is 4.56. The summed E-state index contributed by atoms with van der Waals surface area (Å²) in [4.78, 5) is 13.6. The topological polar surface area (TPSA) is 66.8 Å². The zero-order valence-electron chi connectivity index (χ0n) is 11.9. The zero-order valence-corrected chi connectivity index (χ0v) is 15.1. The molecule has 1 heterocycles. The number of carbonyl (C=O) groups excluding carboxylic acids is 1. The van der Waals surface area contributed by atoms with E-state index in [4.69, 9.17) is 0 Å². The van der Waals surface area contributed by atoms with Gasteiger partial charge in [0.05, 0.1) is 10.1 Å². The zero-order chi connectivity index (χ0) is 16.3. The number of rotatable bonds is 5. The van der Waals surface area contributed by atoms with Crippen molar-refractivity contribution in [2.75, 3.05) is 6.54 Å². The van der Waals surface area contributed by atoms with E-state index in [1.807, 2.05) is 6.92 Å². The maximum atomic E-state index is 12.4. The van der Waals surface area contributed by atoms with Crippen molar-refractivity contribution >= 4 is 48.8 Å². The Morgan fingerprint density at radius 3 is 2.59 bits per heavy atom. The number of thioether (sulfide) groups is 1. The normalized spacial score (nSPS) is 20.6. The van der Waals surface area contributed by atoms with Gasteiger partial charge in [-0.05, 0) is 30.7 Å². The molecule has 2 rings (SSSR count). The fourth-order valence-electron chi connectivity index (χ4n) is 1.90. The number of sulfonamides is 1. The molecule has 1 atom stereocenters. The number of amides is 1. The number of hydrogen-bond donors (Lipinski definition) is 0. The van der Waals surface area contributed by atoms with Gasteiger partial charge < -0.3 is 0 Å².